The minimum Gasteiger partial charge on any atom is -0.394 e. The van der Waals surface area contributed by atoms with E-state index < -0.39 is 0 Å². The maximum atomic E-state index is 5.66. The minimum atomic E-state index is 0.739. The summed E-state index contributed by atoms with van der Waals surface area (Å²) in [4.78, 5) is 21.9. The molecule has 3 aliphatic heterocycles. The average molecular weight is 548 g/mol. The van der Waals surface area contributed by atoms with Crippen molar-refractivity contribution in [3.63, 3.8) is 0 Å². The van der Waals surface area contributed by atoms with Gasteiger partial charge >= 0.3 is 0 Å². The number of rotatable bonds is 9. The molecule has 8 nitrogen and oxygen atoms in total. The molecule has 39 heavy (non-hydrogen) atoms. The standard InChI is InChI=1S/C30H41N7OS/c1-31-9-8-24-6-2-3-7-26(24)29-32-27-22-25(39-28(27)30(33-29)37-18-20-38-21-19-37)23-36-16-14-35(15-17-36)13-12-34-10-4-5-11-34/h2-3,6-9,22,31H,4-5,10-21,23H2,1H3/b9-8-. The Labute approximate surface area is 236 Å². The van der Waals surface area contributed by atoms with Gasteiger partial charge in [-0.2, -0.15) is 0 Å². The monoisotopic (exact) mass is 547 g/mol. The Kier molecular flexibility index (Phi) is 8.71. The Balaban J connectivity index is 1.21. The smallest absolute Gasteiger partial charge is 0.162 e. The highest BCUT2D eigenvalue weighted by Gasteiger charge is 2.23. The molecule has 3 fully saturated rings. The number of fused-ring (bicyclic) bond motifs is 1. The van der Waals surface area contributed by atoms with Crippen LogP contribution in [-0.4, -0.2) is 110 Å². The van der Waals surface area contributed by atoms with Crippen LogP contribution in [0.1, 0.15) is 23.3 Å². The molecule has 208 valence electrons. The molecule has 0 radical (unpaired) electrons. The third-order valence-electron chi connectivity index (χ3n) is 8.12. The first kappa shape index (κ1) is 26.7. The molecule has 1 N–H and O–H groups in total. The molecule has 0 aliphatic carbocycles. The second-order valence-corrected chi connectivity index (χ2v) is 11.9. The minimum absolute atomic E-state index is 0.739. The van der Waals surface area contributed by atoms with Crippen LogP contribution >= 0.6 is 11.3 Å². The fourth-order valence-corrected chi connectivity index (χ4v) is 7.01. The largest absolute Gasteiger partial charge is 0.394 e. The molecule has 9 heteroatoms. The second kappa shape index (κ2) is 12.7. The van der Waals surface area contributed by atoms with Gasteiger partial charge in [0.25, 0.3) is 0 Å². The molecule has 0 unspecified atom stereocenters. The summed E-state index contributed by atoms with van der Waals surface area (Å²) in [6.45, 7) is 13.8. The molecule has 0 atom stereocenters. The number of piperazine rings is 1. The van der Waals surface area contributed by atoms with Crippen LogP contribution < -0.4 is 10.2 Å². The number of thiophene rings is 1. The Morgan fingerprint density at radius 3 is 2.38 bits per heavy atom. The van der Waals surface area contributed by atoms with Crippen LogP contribution in [0, 0.1) is 0 Å². The molecule has 1 aromatic carbocycles. The zero-order chi connectivity index (χ0) is 26.4. The van der Waals surface area contributed by atoms with Crippen LogP contribution in [0.4, 0.5) is 5.82 Å². The molecule has 3 saturated heterocycles. The number of benzene rings is 1. The van der Waals surface area contributed by atoms with Crippen LogP contribution in [0.3, 0.4) is 0 Å². The van der Waals surface area contributed by atoms with Crippen molar-refractivity contribution in [3.8, 4) is 11.4 Å². The van der Waals surface area contributed by atoms with Gasteiger partial charge in [-0.1, -0.05) is 24.3 Å². The zero-order valence-corrected chi connectivity index (χ0v) is 24.0. The first-order chi connectivity index (χ1) is 19.3. The topological polar surface area (TPSA) is 60.0 Å². The van der Waals surface area contributed by atoms with Crippen LogP contribution in [0.2, 0.25) is 0 Å². The average Bonchev–Trinajstić information content (AvgIpc) is 3.65. The first-order valence-corrected chi connectivity index (χ1v) is 15.3. The molecule has 3 aromatic rings. The number of hydrogen-bond acceptors (Lipinski definition) is 9. The van der Waals surface area contributed by atoms with Gasteiger partial charge < -0.3 is 19.9 Å². The van der Waals surface area contributed by atoms with Gasteiger partial charge in [-0.15, -0.1) is 11.3 Å². The molecule has 0 amide bonds. The molecule has 6 rings (SSSR count). The van der Waals surface area contributed by atoms with Gasteiger partial charge in [0.05, 0.1) is 23.4 Å². The van der Waals surface area contributed by atoms with Crippen molar-refractivity contribution < 1.29 is 4.74 Å². The lowest BCUT2D eigenvalue weighted by molar-refractivity contribution is 0.118. The van der Waals surface area contributed by atoms with Crippen LogP contribution in [0.5, 0.6) is 0 Å². The van der Waals surface area contributed by atoms with Gasteiger partial charge in [0, 0.05) is 76.4 Å². The van der Waals surface area contributed by atoms with E-state index in [1.807, 2.05) is 24.6 Å². The van der Waals surface area contributed by atoms with Crippen LogP contribution in [-0.2, 0) is 11.3 Å². The van der Waals surface area contributed by atoms with Crippen molar-refractivity contribution >= 4 is 33.4 Å². The number of hydrogen-bond donors (Lipinski definition) is 1. The van der Waals surface area contributed by atoms with Gasteiger partial charge in [0.15, 0.2) is 11.6 Å². The van der Waals surface area contributed by atoms with Crippen molar-refractivity contribution in [2.24, 2.45) is 0 Å². The lowest BCUT2D eigenvalue weighted by atomic mass is 10.1. The van der Waals surface area contributed by atoms with Gasteiger partial charge in [-0.25, -0.2) is 9.97 Å². The Bertz CT molecular complexity index is 1260. The third kappa shape index (κ3) is 6.44. The quantitative estimate of drug-likeness (QED) is 0.436. The van der Waals surface area contributed by atoms with E-state index in [1.54, 1.807) is 0 Å². The number of nitrogens with zero attached hydrogens (tertiary/aromatic N) is 6. The number of morpholine rings is 1. The van der Waals surface area contributed by atoms with Crippen molar-refractivity contribution in [2.45, 2.75) is 19.4 Å². The summed E-state index contributed by atoms with van der Waals surface area (Å²) in [5, 5.41) is 3.10. The molecule has 5 heterocycles. The van der Waals surface area contributed by atoms with Gasteiger partial charge in [0.2, 0.25) is 0 Å². The summed E-state index contributed by atoms with van der Waals surface area (Å²) in [7, 11) is 1.92. The molecule has 0 spiro atoms. The number of nitrogens with one attached hydrogen (secondary N) is 1. The van der Waals surface area contributed by atoms with Crippen molar-refractivity contribution in [1.29, 1.82) is 0 Å². The van der Waals surface area contributed by atoms with Crippen molar-refractivity contribution in [3.05, 3.63) is 47.0 Å². The van der Waals surface area contributed by atoms with E-state index in [9.17, 15) is 0 Å². The highest BCUT2D eigenvalue weighted by Crippen LogP contribution is 2.36. The molecule has 0 saturated carbocycles. The Morgan fingerprint density at radius 2 is 1.62 bits per heavy atom. The van der Waals surface area contributed by atoms with E-state index in [1.165, 1.54) is 61.7 Å². The van der Waals surface area contributed by atoms with E-state index in [2.05, 4.69) is 61.3 Å². The Morgan fingerprint density at radius 1 is 0.897 bits per heavy atom. The van der Waals surface area contributed by atoms with Gasteiger partial charge in [-0.3, -0.25) is 9.80 Å². The van der Waals surface area contributed by atoms with Gasteiger partial charge in [-0.05, 0) is 49.8 Å². The summed E-state index contributed by atoms with van der Waals surface area (Å²) < 4.78 is 6.86. The van der Waals surface area contributed by atoms with E-state index in [0.29, 0.717) is 0 Å². The fraction of sp³-hybridized carbons (Fsp3) is 0.533. The number of likely N-dealkylation sites (tertiary alicyclic amines) is 1. The number of ether oxygens (including phenoxy) is 1. The molecule has 2 aromatic heterocycles. The predicted octanol–water partition coefficient (Wildman–Crippen LogP) is 3.60. The summed E-state index contributed by atoms with van der Waals surface area (Å²) in [5.41, 5.74) is 3.22. The molecular weight excluding hydrogens is 506 g/mol. The highest BCUT2D eigenvalue weighted by atomic mass is 32.1. The maximum Gasteiger partial charge on any atom is 0.162 e. The Hall–Kier alpha value is -2.56. The van der Waals surface area contributed by atoms with Crippen LogP contribution in [0.25, 0.3) is 27.7 Å². The SMILES string of the molecule is CN/C=C\c1ccccc1-c1nc(N2CCOCC2)c2sc(CN3CCN(CCN4CCCC4)CC3)cc2n1. The summed E-state index contributed by atoms with van der Waals surface area (Å²) in [5.74, 6) is 1.84. The van der Waals surface area contributed by atoms with Gasteiger partial charge in [0.1, 0.15) is 0 Å². The number of aromatic nitrogens is 2. The summed E-state index contributed by atoms with van der Waals surface area (Å²) in [6, 6.07) is 10.7. The highest BCUT2D eigenvalue weighted by molar-refractivity contribution is 7.19. The molecular formula is C30H41N7OS. The van der Waals surface area contributed by atoms with Crippen LogP contribution in [0.15, 0.2) is 36.5 Å². The van der Waals surface area contributed by atoms with E-state index >= 15 is 0 Å². The van der Waals surface area contributed by atoms with E-state index in [-0.39, 0.29) is 0 Å². The maximum absolute atomic E-state index is 5.66. The summed E-state index contributed by atoms with van der Waals surface area (Å²) >= 11 is 1.87. The second-order valence-electron chi connectivity index (χ2n) is 10.8. The summed E-state index contributed by atoms with van der Waals surface area (Å²) in [6.07, 6.45) is 6.79. The zero-order valence-electron chi connectivity index (χ0n) is 23.1. The fourth-order valence-electron chi connectivity index (χ4n) is 5.85. The predicted molar refractivity (Wildman–Crippen MR) is 161 cm³/mol. The first-order valence-electron chi connectivity index (χ1n) is 14.5. The molecule has 0 bridgehead atoms. The van der Waals surface area contributed by atoms with Crippen molar-refractivity contribution in [2.75, 3.05) is 90.6 Å². The van der Waals surface area contributed by atoms with E-state index in [0.717, 1.165) is 74.2 Å². The normalized spacial score (nSPS) is 20.0. The lowest BCUT2D eigenvalue weighted by Crippen LogP contribution is -2.47. The molecule has 3 aliphatic rings. The third-order valence-corrected chi connectivity index (χ3v) is 9.23. The number of anilines is 1. The van der Waals surface area contributed by atoms with Crippen molar-refractivity contribution in [1.82, 2.24) is 30.0 Å². The lowest BCUT2D eigenvalue weighted by Gasteiger charge is -2.35. The van der Waals surface area contributed by atoms with E-state index in [4.69, 9.17) is 14.7 Å².